The van der Waals surface area contributed by atoms with Crippen molar-refractivity contribution in [2.45, 2.75) is 13.8 Å². The molecular formula is C4H12Cl2MgO2Ti. The van der Waals surface area contributed by atoms with Gasteiger partial charge in [-0.1, -0.05) is 13.8 Å². The summed E-state index contributed by atoms with van der Waals surface area (Å²) in [5.74, 6) is 0. The molecule has 0 spiro atoms. The molecule has 0 radical (unpaired) electrons. The van der Waals surface area contributed by atoms with Crippen LogP contribution >= 0.6 is 0 Å². The fourth-order valence-corrected chi connectivity index (χ4v) is 0. The van der Waals surface area contributed by atoms with Gasteiger partial charge in [-0.25, -0.2) is 0 Å². The van der Waals surface area contributed by atoms with Gasteiger partial charge < -0.3 is 37.9 Å². The van der Waals surface area contributed by atoms with Crippen molar-refractivity contribution in [3.05, 3.63) is 0 Å². The molecule has 0 N–H and O–H groups in total. The van der Waals surface area contributed by atoms with Crippen molar-refractivity contribution in [3.8, 4) is 0 Å². The van der Waals surface area contributed by atoms with E-state index in [0.717, 1.165) is 0 Å². The Morgan fingerprint density at radius 1 is 1.00 bits per heavy atom. The minimum atomic E-state index is 0. The smallest absolute Gasteiger partial charge is 1.00 e. The fraction of sp³-hybridized carbons (Fsp3) is 1.00. The zero-order chi connectivity index (χ0) is 5.41. The molecule has 0 aromatic carbocycles. The Bertz CT molecular complexity index is 31.0. The van der Waals surface area contributed by atoms with Gasteiger partial charge in [0.2, 0.25) is 0 Å². The van der Waals surface area contributed by atoms with Crippen LogP contribution in [0.2, 0.25) is 0 Å². The molecule has 0 aliphatic carbocycles. The Balaban J connectivity index is -0.00000000296. The van der Waals surface area contributed by atoms with E-state index in [1.165, 1.54) is 0 Å². The maximum absolute atomic E-state index is 8.93. The third-order valence-electron chi connectivity index (χ3n) is 0. The van der Waals surface area contributed by atoms with E-state index in [4.69, 9.17) is 10.2 Å². The number of rotatable bonds is 0. The SMILES string of the molecule is CC[O-].CC[O-].[Cl-].[Cl-].[H-].[H-].[Mg+2].[Ti+4]. The van der Waals surface area contributed by atoms with Gasteiger partial charge in [0.25, 0.3) is 0 Å². The fourth-order valence-electron chi connectivity index (χ4n) is 0. The molecule has 0 amide bonds. The van der Waals surface area contributed by atoms with Crippen LogP contribution in [0.5, 0.6) is 0 Å². The van der Waals surface area contributed by atoms with Crippen molar-refractivity contribution in [2.24, 2.45) is 0 Å². The van der Waals surface area contributed by atoms with Gasteiger partial charge in [0.1, 0.15) is 0 Å². The third kappa shape index (κ3) is 205. The van der Waals surface area contributed by atoms with E-state index in [1.54, 1.807) is 13.8 Å². The van der Waals surface area contributed by atoms with E-state index in [0.29, 0.717) is 0 Å². The number of halogens is 2. The van der Waals surface area contributed by atoms with Gasteiger partial charge in [-0.05, 0) is 0 Å². The van der Waals surface area contributed by atoms with Crippen molar-refractivity contribution < 1.29 is 59.6 Å². The first-order chi connectivity index (χ1) is 2.83. The molecule has 6 heteroatoms. The van der Waals surface area contributed by atoms with Crippen LogP contribution in [-0.2, 0) is 21.7 Å². The van der Waals surface area contributed by atoms with Gasteiger partial charge in [0.15, 0.2) is 0 Å². The molecule has 0 fully saturated rings. The molecule has 2 nitrogen and oxygen atoms in total. The molecule has 10 heavy (non-hydrogen) atoms. The summed E-state index contributed by atoms with van der Waals surface area (Å²) < 4.78 is 0. The number of hydrogen-bond donors (Lipinski definition) is 0. The van der Waals surface area contributed by atoms with E-state index >= 15 is 0 Å². The second-order valence-corrected chi connectivity index (χ2v) is 0.577. The second-order valence-electron chi connectivity index (χ2n) is 0.577. The molecule has 60 valence electrons. The second kappa shape index (κ2) is 69.0. The molecule has 0 heterocycles. The maximum Gasteiger partial charge on any atom is 4.00 e. The Labute approximate surface area is 109 Å². The van der Waals surface area contributed by atoms with E-state index in [-0.39, 0.29) is 85.7 Å². The van der Waals surface area contributed by atoms with Crippen LogP contribution in [0.3, 0.4) is 0 Å². The number of hydrogen-bond acceptors (Lipinski definition) is 2. The van der Waals surface area contributed by atoms with Crippen molar-refractivity contribution in [2.75, 3.05) is 13.2 Å². The zero-order valence-corrected chi connectivity index (χ0v) is 10.7. The van der Waals surface area contributed by atoms with Gasteiger partial charge in [0.05, 0.1) is 0 Å². The summed E-state index contributed by atoms with van der Waals surface area (Å²) in [6, 6.07) is 0. The Kier molecular flexibility index (Phi) is 279. The summed E-state index contributed by atoms with van der Waals surface area (Å²) in [6.45, 7) is 3.14. The molecule has 0 saturated heterocycles. The van der Waals surface area contributed by atoms with Crippen LogP contribution in [0.4, 0.5) is 0 Å². The molecule has 0 saturated carbocycles. The Hall–Kier alpha value is 1.98. The molecule has 0 aliphatic rings. The van der Waals surface area contributed by atoms with E-state index < -0.39 is 0 Å². The molecule has 0 bridgehead atoms. The molecule has 0 aromatic rings. The molecule has 0 aliphatic heterocycles. The van der Waals surface area contributed by atoms with Crippen LogP contribution in [0, 0.1) is 0 Å². The first-order valence-electron chi connectivity index (χ1n) is 1.99. The van der Waals surface area contributed by atoms with Crippen molar-refractivity contribution >= 4 is 23.1 Å². The summed E-state index contributed by atoms with van der Waals surface area (Å²) in [6.07, 6.45) is 0. The summed E-state index contributed by atoms with van der Waals surface area (Å²) in [5, 5.41) is 17.9. The molecule has 0 atom stereocenters. The molecular weight excluding hydrogens is 223 g/mol. The van der Waals surface area contributed by atoms with Crippen molar-refractivity contribution in [1.29, 1.82) is 0 Å². The van der Waals surface area contributed by atoms with Crippen LogP contribution in [0.1, 0.15) is 16.7 Å². The first-order valence-corrected chi connectivity index (χ1v) is 1.99. The van der Waals surface area contributed by atoms with Gasteiger partial charge in [-0.15, -0.1) is 13.2 Å². The molecule has 0 rings (SSSR count). The van der Waals surface area contributed by atoms with E-state index in [9.17, 15) is 0 Å². The zero-order valence-electron chi connectivity index (χ0n) is 8.19. The van der Waals surface area contributed by atoms with Gasteiger partial charge in [-0.3, -0.25) is 0 Å². The minimum absolute atomic E-state index is 0. The Morgan fingerprint density at radius 3 is 1.00 bits per heavy atom. The summed E-state index contributed by atoms with van der Waals surface area (Å²) in [5.41, 5.74) is 0. The van der Waals surface area contributed by atoms with Crippen molar-refractivity contribution in [1.82, 2.24) is 0 Å². The normalized spacial score (nSPS) is 3.60. The summed E-state index contributed by atoms with van der Waals surface area (Å²) >= 11 is 0. The molecule has 0 unspecified atom stereocenters. The average molecular weight is 235 g/mol. The predicted molar refractivity (Wildman–Crippen MR) is 29.1 cm³/mol. The van der Waals surface area contributed by atoms with E-state index in [2.05, 4.69) is 0 Å². The first kappa shape index (κ1) is 40.4. The van der Waals surface area contributed by atoms with Crippen LogP contribution in [0.25, 0.3) is 0 Å². The van der Waals surface area contributed by atoms with Crippen LogP contribution < -0.4 is 35.0 Å². The van der Waals surface area contributed by atoms with E-state index in [1.807, 2.05) is 0 Å². The average Bonchev–Trinajstić information content (AvgIpc) is 1.39. The Morgan fingerprint density at radius 2 is 1.00 bits per heavy atom. The van der Waals surface area contributed by atoms with Crippen LogP contribution in [0.15, 0.2) is 0 Å². The monoisotopic (exact) mass is 234 g/mol. The quantitative estimate of drug-likeness (QED) is 0.392. The topological polar surface area (TPSA) is 46.1 Å². The maximum atomic E-state index is 8.93. The van der Waals surface area contributed by atoms with Crippen LogP contribution in [-0.4, -0.2) is 36.3 Å². The summed E-state index contributed by atoms with van der Waals surface area (Å²) in [7, 11) is 0. The largest absolute Gasteiger partial charge is 4.00 e. The van der Waals surface area contributed by atoms with Gasteiger partial charge >= 0.3 is 44.8 Å². The summed E-state index contributed by atoms with van der Waals surface area (Å²) in [4.78, 5) is 0. The van der Waals surface area contributed by atoms with Crippen molar-refractivity contribution in [3.63, 3.8) is 0 Å². The van der Waals surface area contributed by atoms with Gasteiger partial charge in [-0.2, -0.15) is 0 Å². The predicted octanol–water partition coefficient (Wildman–Crippen LogP) is -7.42. The molecule has 0 aromatic heterocycles. The van der Waals surface area contributed by atoms with Gasteiger partial charge in [0, 0.05) is 0 Å². The minimum Gasteiger partial charge on any atom is -1.00 e. The standard InChI is InChI=1S/2C2H5O.2ClH.Mg.Ti.2H/c2*1-2-3;;;;;;/h2*2H2,1H3;2*1H;;;;/q2*-1;;;+2;+4;2*-1/p-2. The third-order valence-corrected chi connectivity index (χ3v) is 0.